The van der Waals surface area contributed by atoms with E-state index in [0.717, 1.165) is 6.42 Å². The van der Waals surface area contributed by atoms with Gasteiger partial charge in [0.1, 0.15) is 11.6 Å². The van der Waals surface area contributed by atoms with E-state index < -0.39 is 0 Å². The highest BCUT2D eigenvalue weighted by Crippen LogP contribution is 2.23. The zero-order chi connectivity index (χ0) is 12.4. The van der Waals surface area contributed by atoms with Gasteiger partial charge < -0.3 is 0 Å². The van der Waals surface area contributed by atoms with E-state index in [0.29, 0.717) is 12.8 Å². The van der Waals surface area contributed by atoms with Crippen molar-refractivity contribution in [2.45, 2.75) is 39.5 Å². The van der Waals surface area contributed by atoms with Crippen LogP contribution in [0.25, 0.3) is 0 Å². The Morgan fingerprint density at radius 1 is 1.00 bits per heavy atom. The normalized spacial score (nSPS) is 17.5. The van der Waals surface area contributed by atoms with E-state index in [2.05, 4.69) is 32.0 Å². The Bertz CT molecular complexity index is 424. The van der Waals surface area contributed by atoms with Gasteiger partial charge in [0.05, 0.1) is 6.42 Å². The fourth-order valence-corrected chi connectivity index (χ4v) is 2.74. The molecule has 1 aliphatic rings. The Balaban J connectivity index is 2.09. The van der Waals surface area contributed by atoms with E-state index in [1.54, 1.807) is 0 Å². The van der Waals surface area contributed by atoms with Gasteiger partial charge in [-0.2, -0.15) is 0 Å². The second-order valence-corrected chi connectivity index (χ2v) is 5.23. The molecule has 0 radical (unpaired) electrons. The predicted molar refractivity (Wildman–Crippen MR) is 67.0 cm³/mol. The highest BCUT2D eigenvalue weighted by atomic mass is 16.1. The first kappa shape index (κ1) is 12.0. The lowest BCUT2D eigenvalue weighted by Crippen LogP contribution is -2.24. The van der Waals surface area contributed by atoms with Crippen molar-refractivity contribution in [2.24, 2.45) is 5.92 Å². The fraction of sp³-hybridized carbons (Fsp3) is 0.467. The maximum atomic E-state index is 11.4. The van der Waals surface area contributed by atoms with Crippen LogP contribution >= 0.6 is 0 Å². The van der Waals surface area contributed by atoms with Gasteiger partial charge in [-0.3, -0.25) is 9.59 Å². The molecule has 0 N–H and O–H groups in total. The molecule has 1 fully saturated rings. The highest BCUT2D eigenvalue weighted by molar-refractivity contribution is 6.01. The third-order valence-electron chi connectivity index (χ3n) is 3.23. The van der Waals surface area contributed by atoms with Crippen LogP contribution in [0.4, 0.5) is 0 Å². The molecule has 0 unspecified atom stereocenters. The molecular formula is C15H18O2. The minimum absolute atomic E-state index is 0.107. The maximum Gasteiger partial charge on any atom is 0.140 e. The topological polar surface area (TPSA) is 34.1 Å². The van der Waals surface area contributed by atoms with E-state index in [-0.39, 0.29) is 23.9 Å². The minimum atomic E-state index is 0.107. The van der Waals surface area contributed by atoms with Gasteiger partial charge in [0, 0.05) is 12.8 Å². The first-order chi connectivity index (χ1) is 8.02. The van der Waals surface area contributed by atoms with Gasteiger partial charge in [-0.1, -0.05) is 29.3 Å². The van der Waals surface area contributed by atoms with Crippen LogP contribution in [-0.4, -0.2) is 11.6 Å². The van der Waals surface area contributed by atoms with Crippen molar-refractivity contribution >= 4 is 11.6 Å². The molecule has 2 nitrogen and oxygen atoms in total. The van der Waals surface area contributed by atoms with Crippen molar-refractivity contribution in [1.29, 1.82) is 0 Å². The van der Waals surface area contributed by atoms with Gasteiger partial charge in [-0.15, -0.1) is 0 Å². The molecule has 0 atom stereocenters. The number of rotatable bonds is 2. The summed E-state index contributed by atoms with van der Waals surface area (Å²) < 4.78 is 0. The molecule has 17 heavy (non-hydrogen) atoms. The lowest BCUT2D eigenvalue weighted by Gasteiger charge is -2.20. The van der Waals surface area contributed by atoms with Gasteiger partial charge in [-0.25, -0.2) is 0 Å². The molecule has 1 saturated carbocycles. The standard InChI is InChI=1S/C15H18O2/c1-10-3-11(2)5-12(4-10)6-13-7-14(16)9-15(17)8-13/h3-5,13H,6-9H2,1-2H3. The summed E-state index contributed by atoms with van der Waals surface area (Å²) in [5.41, 5.74) is 3.73. The Labute approximate surface area is 102 Å². The lowest BCUT2D eigenvalue weighted by atomic mass is 9.83. The molecule has 0 aliphatic heterocycles. The molecule has 2 rings (SSSR count). The zero-order valence-electron chi connectivity index (χ0n) is 10.5. The average molecular weight is 230 g/mol. The molecule has 1 aromatic rings. The van der Waals surface area contributed by atoms with Crippen LogP contribution in [0.5, 0.6) is 0 Å². The minimum Gasteiger partial charge on any atom is -0.299 e. The van der Waals surface area contributed by atoms with Crippen molar-refractivity contribution in [2.75, 3.05) is 0 Å². The maximum absolute atomic E-state index is 11.4. The van der Waals surface area contributed by atoms with E-state index in [4.69, 9.17) is 0 Å². The number of Topliss-reactive ketones (excluding diaryl/α,β-unsaturated/α-hetero) is 2. The molecule has 1 aliphatic carbocycles. The van der Waals surface area contributed by atoms with E-state index >= 15 is 0 Å². The summed E-state index contributed by atoms with van der Waals surface area (Å²) in [5, 5.41) is 0. The van der Waals surface area contributed by atoms with Gasteiger partial charge in [0.15, 0.2) is 0 Å². The number of carbonyl (C=O) groups excluding carboxylic acids is 2. The second kappa shape index (κ2) is 4.82. The molecule has 0 spiro atoms. The van der Waals surface area contributed by atoms with Crippen LogP contribution in [0.1, 0.15) is 36.0 Å². The van der Waals surface area contributed by atoms with Gasteiger partial charge in [0.25, 0.3) is 0 Å². The van der Waals surface area contributed by atoms with Crippen molar-refractivity contribution < 1.29 is 9.59 Å². The lowest BCUT2D eigenvalue weighted by molar-refractivity contribution is -0.131. The predicted octanol–water partition coefficient (Wildman–Crippen LogP) is 2.78. The van der Waals surface area contributed by atoms with E-state index in [1.807, 2.05) is 0 Å². The molecule has 0 amide bonds. The third kappa shape index (κ3) is 3.26. The van der Waals surface area contributed by atoms with Crippen LogP contribution in [0, 0.1) is 19.8 Å². The summed E-state index contributed by atoms with van der Waals surface area (Å²) >= 11 is 0. The van der Waals surface area contributed by atoms with Crippen LogP contribution in [0.15, 0.2) is 18.2 Å². The van der Waals surface area contributed by atoms with Crippen LogP contribution in [-0.2, 0) is 16.0 Å². The second-order valence-electron chi connectivity index (χ2n) is 5.23. The smallest absolute Gasteiger partial charge is 0.140 e. The Morgan fingerprint density at radius 2 is 1.53 bits per heavy atom. The number of hydrogen-bond donors (Lipinski definition) is 0. The van der Waals surface area contributed by atoms with Crippen molar-refractivity contribution in [3.8, 4) is 0 Å². The average Bonchev–Trinajstić information content (AvgIpc) is 2.13. The Kier molecular flexibility index (Phi) is 3.41. The molecule has 0 saturated heterocycles. The molecule has 0 bridgehead atoms. The zero-order valence-corrected chi connectivity index (χ0v) is 10.5. The largest absolute Gasteiger partial charge is 0.299 e. The van der Waals surface area contributed by atoms with E-state index in [9.17, 15) is 9.59 Å². The highest BCUT2D eigenvalue weighted by Gasteiger charge is 2.25. The summed E-state index contributed by atoms with van der Waals surface area (Å²) in [6.07, 6.45) is 2.14. The molecule has 2 heteroatoms. The molecule has 90 valence electrons. The monoisotopic (exact) mass is 230 g/mol. The summed E-state index contributed by atoms with van der Waals surface area (Å²) in [7, 11) is 0. The third-order valence-corrected chi connectivity index (χ3v) is 3.23. The van der Waals surface area contributed by atoms with Crippen LogP contribution in [0.3, 0.4) is 0 Å². The number of ketones is 2. The van der Waals surface area contributed by atoms with Gasteiger partial charge >= 0.3 is 0 Å². The first-order valence-corrected chi connectivity index (χ1v) is 6.13. The SMILES string of the molecule is Cc1cc(C)cc(CC2CC(=O)CC(=O)C2)c1. The molecule has 0 heterocycles. The van der Waals surface area contributed by atoms with Gasteiger partial charge in [0.2, 0.25) is 0 Å². The quantitative estimate of drug-likeness (QED) is 0.732. The van der Waals surface area contributed by atoms with Gasteiger partial charge in [-0.05, 0) is 31.7 Å². The Morgan fingerprint density at radius 3 is 2.06 bits per heavy atom. The van der Waals surface area contributed by atoms with Crippen molar-refractivity contribution in [1.82, 2.24) is 0 Å². The van der Waals surface area contributed by atoms with Crippen molar-refractivity contribution in [3.05, 3.63) is 34.9 Å². The van der Waals surface area contributed by atoms with Crippen molar-refractivity contribution in [3.63, 3.8) is 0 Å². The fourth-order valence-electron chi connectivity index (χ4n) is 2.74. The molecular weight excluding hydrogens is 212 g/mol. The summed E-state index contributed by atoms with van der Waals surface area (Å²) in [5.74, 6) is 0.427. The van der Waals surface area contributed by atoms with Crippen LogP contribution in [0.2, 0.25) is 0 Å². The number of aryl methyl sites for hydroxylation is 2. The Hall–Kier alpha value is -1.44. The number of carbonyl (C=O) groups is 2. The number of benzene rings is 1. The number of hydrogen-bond acceptors (Lipinski definition) is 2. The molecule has 1 aromatic carbocycles. The first-order valence-electron chi connectivity index (χ1n) is 6.13. The van der Waals surface area contributed by atoms with Crippen LogP contribution < -0.4 is 0 Å². The summed E-state index contributed by atoms with van der Waals surface area (Å²) in [6.45, 7) is 4.15. The summed E-state index contributed by atoms with van der Waals surface area (Å²) in [4.78, 5) is 22.8. The molecule has 0 aromatic heterocycles. The van der Waals surface area contributed by atoms with E-state index in [1.165, 1.54) is 16.7 Å². The summed E-state index contributed by atoms with van der Waals surface area (Å²) in [6, 6.07) is 6.44.